The molecule has 0 radical (unpaired) electrons. The Morgan fingerprint density at radius 3 is 3.05 bits per heavy atom. The maximum absolute atomic E-state index is 11.9. The number of hydrogen-bond donors (Lipinski definition) is 2. The van der Waals surface area contributed by atoms with Crippen molar-refractivity contribution in [2.24, 2.45) is 0 Å². The summed E-state index contributed by atoms with van der Waals surface area (Å²) in [7, 11) is 0. The van der Waals surface area contributed by atoms with Crippen molar-refractivity contribution in [3.8, 4) is 0 Å². The molecule has 0 atom stereocenters. The number of hydrogen-bond acceptors (Lipinski definition) is 5. The van der Waals surface area contributed by atoms with Gasteiger partial charge in [0.25, 0.3) is 11.3 Å². The van der Waals surface area contributed by atoms with Gasteiger partial charge in [0.05, 0.1) is 5.69 Å². The van der Waals surface area contributed by atoms with E-state index in [1.54, 1.807) is 6.07 Å². The largest absolute Gasteiger partial charge is 0.396 e. The smallest absolute Gasteiger partial charge is 0.274 e. The number of rotatable bonds is 6. The number of nitrogens with zero attached hydrogens (tertiary/aromatic N) is 4. The molecule has 7 heteroatoms. The lowest BCUT2D eigenvalue weighted by Gasteiger charge is -2.37. The molecule has 7 nitrogen and oxygen atoms in total. The van der Waals surface area contributed by atoms with Gasteiger partial charge in [0, 0.05) is 31.8 Å². The summed E-state index contributed by atoms with van der Waals surface area (Å²) in [5.74, 6) is 0.406. The van der Waals surface area contributed by atoms with Crippen molar-refractivity contribution >= 4 is 5.78 Å². The Labute approximate surface area is 116 Å². The summed E-state index contributed by atoms with van der Waals surface area (Å²) in [5, 5.41) is 11.7. The first kappa shape index (κ1) is 13.3. The van der Waals surface area contributed by atoms with Crippen molar-refractivity contribution in [3.63, 3.8) is 0 Å². The van der Waals surface area contributed by atoms with Gasteiger partial charge in [0.15, 0.2) is 0 Å². The predicted octanol–water partition coefficient (Wildman–Crippen LogP) is 0.154. The average Bonchev–Trinajstić information content (AvgIpc) is 2.82. The molecule has 0 amide bonds. The molecule has 3 rings (SSSR count). The highest BCUT2D eigenvalue weighted by Gasteiger charge is 2.25. The zero-order chi connectivity index (χ0) is 13.9. The highest BCUT2D eigenvalue weighted by atomic mass is 16.3. The molecule has 0 spiro atoms. The van der Waals surface area contributed by atoms with Gasteiger partial charge in [-0.2, -0.15) is 4.52 Å². The zero-order valence-corrected chi connectivity index (χ0v) is 11.3. The lowest BCUT2D eigenvalue weighted by atomic mass is 9.91. The van der Waals surface area contributed by atoms with Crippen LogP contribution in [0.4, 0.5) is 0 Å². The summed E-state index contributed by atoms with van der Waals surface area (Å²) in [4.78, 5) is 22.6. The number of aliphatic hydroxyl groups excluding tert-OH is 1. The zero-order valence-electron chi connectivity index (χ0n) is 11.3. The molecule has 1 saturated carbocycles. The van der Waals surface area contributed by atoms with Crippen LogP contribution < -0.4 is 5.56 Å². The molecule has 20 heavy (non-hydrogen) atoms. The SMILES string of the molecule is O=c1cc(CN(CCCO)C2CCC2)nc2nc[nH]n12. The third kappa shape index (κ3) is 2.59. The van der Waals surface area contributed by atoms with Crippen molar-refractivity contribution in [3.05, 3.63) is 28.4 Å². The van der Waals surface area contributed by atoms with Gasteiger partial charge >= 0.3 is 0 Å². The normalized spacial score (nSPS) is 15.9. The molecule has 0 aliphatic heterocycles. The topological polar surface area (TPSA) is 86.5 Å². The van der Waals surface area contributed by atoms with Crippen LogP contribution in [0, 0.1) is 0 Å². The number of fused-ring (bicyclic) bond motifs is 1. The molecule has 1 aliphatic carbocycles. The van der Waals surface area contributed by atoms with Gasteiger partial charge in [-0.1, -0.05) is 6.42 Å². The van der Waals surface area contributed by atoms with Crippen molar-refractivity contribution in [1.29, 1.82) is 0 Å². The van der Waals surface area contributed by atoms with Crippen LogP contribution >= 0.6 is 0 Å². The van der Waals surface area contributed by atoms with Crippen molar-refractivity contribution in [1.82, 2.24) is 24.5 Å². The third-order valence-corrected chi connectivity index (χ3v) is 3.88. The van der Waals surface area contributed by atoms with E-state index in [0.717, 1.165) is 18.7 Å². The molecule has 1 fully saturated rings. The number of aliphatic hydroxyl groups is 1. The quantitative estimate of drug-likeness (QED) is 0.785. The van der Waals surface area contributed by atoms with E-state index in [9.17, 15) is 4.79 Å². The van der Waals surface area contributed by atoms with Crippen molar-refractivity contribution in [2.45, 2.75) is 38.3 Å². The Balaban J connectivity index is 1.79. The molecule has 108 valence electrons. The average molecular weight is 277 g/mol. The van der Waals surface area contributed by atoms with Gasteiger partial charge in [0.1, 0.15) is 6.33 Å². The summed E-state index contributed by atoms with van der Waals surface area (Å²) in [6, 6.07) is 2.11. The van der Waals surface area contributed by atoms with Crippen LogP contribution in [-0.2, 0) is 6.54 Å². The summed E-state index contributed by atoms with van der Waals surface area (Å²) in [6.07, 6.45) is 5.85. The minimum atomic E-state index is -0.141. The van der Waals surface area contributed by atoms with Crippen molar-refractivity contribution < 1.29 is 5.11 Å². The third-order valence-electron chi connectivity index (χ3n) is 3.88. The maximum atomic E-state index is 11.9. The summed E-state index contributed by atoms with van der Waals surface area (Å²) in [6.45, 7) is 1.67. The summed E-state index contributed by atoms with van der Waals surface area (Å²) in [5.41, 5.74) is 0.602. The monoisotopic (exact) mass is 277 g/mol. The van der Waals surface area contributed by atoms with Gasteiger partial charge in [-0.15, -0.1) is 0 Å². The number of aromatic nitrogens is 4. The molecule has 2 heterocycles. The van der Waals surface area contributed by atoms with E-state index in [-0.39, 0.29) is 12.2 Å². The van der Waals surface area contributed by atoms with E-state index in [4.69, 9.17) is 5.11 Å². The summed E-state index contributed by atoms with van der Waals surface area (Å²) < 4.78 is 1.32. The van der Waals surface area contributed by atoms with E-state index >= 15 is 0 Å². The number of aromatic amines is 1. The fraction of sp³-hybridized carbons (Fsp3) is 0.615. The van der Waals surface area contributed by atoms with Crippen LogP contribution in [0.1, 0.15) is 31.4 Å². The minimum absolute atomic E-state index is 0.141. The molecular weight excluding hydrogens is 258 g/mol. The number of H-pyrrole nitrogens is 1. The summed E-state index contributed by atoms with van der Waals surface area (Å²) >= 11 is 0. The van der Waals surface area contributed by atoms with E-state index < -0.39 is 0 Å². The number of nitrogens with one attached hydrogen (secondary N) is 1. The molecule has 0 unspecified atom stereocenters. The lowest BCUT2D eigenvalue weighted by molar-refractivity contribution is 0.108. The second-order valence-electron chi connectivity index (χ2n) is 5.24. The van der Waals surface area contributed by atoms with Crippen LogP contribution in [0.15, 0.2) is 17.2 Å². The molecule has 1 aliphatic rings. The molecule has 0 bridgehead atoms. The Morgan fingerprint density at radius 2 is 2.35 bits per heavy atom. The Bertz CT molecular complexity index is 631. The van der Waals surface area contributed by atoms with Gasteiger partial charge < -0.3 is 5.11 Å². The molecule has 2 N–H and O–H groups in total. The molecule has 2 aromatic rings. The van der Waals surface area contributed by atoms with E-state index in [2.05, 4.69) is 20.0 Å². The Morgan fingerprint density at radius 1 is 1.50 bits per heavy atom. The second-order valence-corrected chi connectivity index (χ2v) is 5.24. The fourth-order valence-corrected chi connectivity index (χ4v) is 2.57. The van der Waals surface area contributed by atoms with Crippen LogP contribution in [0.3, 0.4) is 0 Å². The molecule has 0 aromatic carbocycles. The van der Waals surface area contributed by atoms with Crippen LogP contribution in [-0.4, -0.2) is 48.8 Å². The van der Waals surface area contributed by atoms with E-state index in [1.807, 2.05) is 0 Å². The first-order valence-corrected chi connectivity index (χ1v) is 7.05. The van der Waals surface area contributed by atoms with Gasteiger partial charge in [0.2, 0.25) is 0 Å². The lowest BCUT2D eigenvalue weighted by Crippen LogP contribution is -2.40. The van der Waals surface area contributed by atoms with Gasteiger partial charge in [-0.3, -0.25) is 14.8 Å². The maximum Gasteiger partial charge on any atom is 0.274 e. The highest BCUT2D eigenvalue weighted by Crippen LogP contribution is 2.25. The van der Waals surface area contributed by atoms with Crippen molar-refractivity contribution in [2.75, 3.05) is 13.2 Å². The molecular formula is C13H19N5O2. The van der Waals surface area contributed by atoms with E-state index in [1.165, 1.54) is 30.1 Å². The predicted molar refractivity (Wildman–Crippen MR) is 73.4 cm³/mol. The Hall–Kier alpha value is -1.73. The first-order valence-electron chi connectivity index (χ1n) is 7.05. The van der Waals surface area contributed by atoms with Crippen LogP contribution in [0.25, 0.3) is 5.78 Å². The highest BCUT2D eigenvalue weighted by molar-refractivity contribution is 5.26. The van der Waals surface area contributed by atoms with Gasteiger partial charge in [-0.25, -0.2) is 9.97 Å². The molecule has 0 saturated heterocycles. The van der Waals surface area contributed by atoms with Crippen LogP contribution in [0.2, 0.25) is 0 Å². The van der Waals surface area contributed by atoms with Gasteiger partial charge in [-0.05, 0) is 19.3 Å². The van der Waals surface area contributed by atoms with Crippen LogP contribution in [0.5, 0.6) is 0 Å². The van der Waals surface area contributed by atoms with E-state index in [0.29, 0.717) is 18.4 Å². The second kappa shape index (κ2) is 5.72. The molecule has 2 aromatic heterocycles. The Kier molecular flexibility index (Phi) is 3.79. The minimum Gasteiger partial charge on any atom is -0.396 e. The fourth-order valence-electron chi connectivity index (χ4n) is 2.57. The first-order chi connectivity index (χ1) is 9.78. The standard InChI is InChI=1S/C13H19N5O2/c19-6-2-5-17(11-3-1-4-11)8-10-7-12(20)18-13(16-10)14-9-15-18/h7,9,11,19H,1-6,8H2,(H,14,15,16).